The molecule has 0 radical (unpaired) electrons. The molecule has 104 valence electrons. The molecule has 1 fully saturated rings. The van der Waals surface area contributed by atoms with Crippen molar-refractivity contribution in [1.29, 1.82) is 5.26 Å². The maximum absolute atomic E-state index is 9.60. The number of rotatable bonds is 5. The first-order valence-electron chi connectivity index (χ1n) is 7.46. The maximum atomic E-state index is 9.60. The maximum Gasteiger partial charge on any atom is 0.107 e. The molecule has 1 heterocycles. The van der Waals surface area contributed by atoms with Gasteiger partial charge in [-0.2, -0.15) is 5.26 Å². The smallest absolute Gasteiger partial charge is 0.107 e. The van der Waals surface area contributed by atoms with E-state index in [0.29, 0.717) is 0 Å². The van der Waals surface area contributed by atoms with Crippen LogP contribution in [0.15, 0.2) is 17.5 Å². The van der Waals surface area contributed by atoms with Crippen molar-refractivity contribution in [3.05, 3.63) is 22.4 Å². The number of nitriles is 1. The lowest BCUT2D eigenvalue weighted by Gasteiger charge is -2.26. The molecule has 2 rings (SSSR count). The lowest BCUT2D eigenvalue weighted by atomic mass is 9.90. The normalized spacial score (nSPS) is 27.7. The molecule has 1 aliphatic carbocycles. The van der Waals surface area contributed by atoms with E-state index in [9.17, 15) is 5.26 Å². The van der Waals surface area contributed by atoms with E-state index in [0.717, 1.165) is 25.3 Å². The lowest BCUT2D eigenvalue weighted by molar-refractivity contribution is 0.353. The molecule has 1 aromatic heterocycles. The van der Waals surface area contributed by atoms with Gasteiger partial charge in [0.25, 0.3) is 0 Å². The first-order valence-corrected chi connectivity index (χ1v) is 8.34. The molecule has 0 aromatic carbocycles. The molecule has 0 amide bonds. The van der Waals surface area contributed by atoms with E-state index < -0.39 is 0 Å². The highest BCUT2D eigenvalue weighted by Crippen LogP contribution is 2.32. The summed E-state index contributed by atoms with van der Waals surface area (Å²) in [6, 6.07) is 6.79. The predicted molar refractivity (Wildman–Crippen MR) is 81.0 cm³/mol. The summed E-state index contributed by atoms with van der Waals surface area (Å²) in [5.41, 5.74) is -0.285. The third kappa shape index (κ3) is 4.06. The van der Waals surface area contributed by atoms with E-state index >= 15 is 0 Å². The van der Waals surface area contributed by atoms with Crippen LogP contribution < -0.4 is 5.32 Å². The van der Waals surface area contributed by atoms with Gasteiger partial charge in [0.1, 0.15) is 5.54 Å². The zero-order chi connectivity index (χ0) is 13.6. The third-order valence-corrected chi connectivity index (χ3v) is 5.16. The molecule has 0 spiro atoms. The Balaban J connectivity index is 1.92. The lowest BCUT2D eigenvalue weighted by Crippen LogP contribution is -2.42. The molecule has 19 heavy (non-hydrogen) atoms. The monoisotopic (exact) mass is 276 g/mol. The standard InChI is InChI=1S/C16H24N2S/c1-2-5-14-6-3-9-16(13-17,10-8-14)18-12-15-7-4-11-19-15/h4,7,11,14,18H,2-3,5-6,8-10,12H2,1H3. The molecule has 1 N–H and O–H groups in total. The number of thiophene rings is 1. The SMILES string of the molecule is CCCC1CCCC(C#N)(NCc2cccs2)CC1. The van der Waals surface area contributed by atoms with Gasteiger partial charge in [0.15, 0.2) is 0 Å². The molecule has 3 heteroatoms. The molecule has 2 atom stereocenters. The Hall–Kier alpha value is -0.850. The zero-order valence-electron chi connectivity index (χ0n) is 11.8. The van der Waals surface area contributed by atoms with Crippen molar-refractivity contribution in [2.24, 2.45) is 5.92 Å². The van der Waals surface area contributed by atoms with E-state index in [1.807, 2.05) is 0 Å². The Bertz CT molecular complexity index is 407. The molecular weight excluding hydrogens is 252 g/mol. The second-order valence-corrected chi connectivity index (χ2v) is 6.74. The van der Waals surface area contributed by atoms with Crippen LogP contribution in [-0.2, 0) is 6.54 Å². The highest BCUT2D eigenvalue weighted by molar-refractivity contribution is 7.09. The highest BCUT2D eigenvalue weighted by atomic mass is 32.1. The Morgan fingerprint density at radius 2 is 2.37 bits per heavy atom. The molecule has 0 saturated heterocycles. The molecule has 1 aromatic rings. The minimum atomic E-state index is -0.285. The van der Waals surface area contributed by atoms with Crippen LogP contribution in [0.25, 0.3) is 0 Å². The zero-order valence-corrected chi connectivity index (χ0v) is 12.6. The Morgan fingerprint density at radius 1 is 1.47 bits per heavy atom. The summed E-state index contributed by atoms with van der Waals surface area (Å²) in [5.74, 6) is 0.837. The van der Waals surface area contributed by atoms with Crippen LogP contribution in [0.2, 0.25) is 0 Å². The van der Waals surface area contributed by atoms with Crippen molar-refractivity contribution < 1.29 is 0 Å². The average Bonchev–Trinajstić information content (AvgIpc) is 2.87. The second kappa shape index (κ2) is 7.07. The van der Waals surface area contributed by atoms with Gasteiger partial charge in [0.2, 0.25) is 0 Å². The second-order valence-electron chi connectivity index (χ2n) is 5.71. The topological polar surface area (TPSA) is 35.8 Å². The average molecular weight is 276 g/mol. The first kappa shape index (κ1) is 14.6. The Morgan fingerprint density at radius 3 is 3.05 bits per heavy atom. The molecule has 1 saturated carbocycles. The van der Waals surface area contributed by atoms with Crippen molar-refractivity contribution in [2.45, 2.75) is 64.0 Å². The predicted octanol–water partition coefficient (Wildman–Crippen LogP) is 4.48. The van der Waals surface area contributed by atoms with Gasteiger partial charge in [-0.15, -0.1) is 11.3 Å². The minimum absolute atomic E-state index is 0.285. The van der Waals surface area contributed by atoms with Crippen LogP contribution in [-0.4, -0.2) is 5.54 Å². The summed E-state index contributed by atoms with van der Waals surface area (Å²) < 4.78 is 0. The molecule has 0 aliphatic heterocycles. The van der Waals surface area contributed by atoms with Crippen molar-refractivity contribution >= 4 is 11.3 Å². The van der Waals surface area contributed by atoms with Crippen molar-refractivity contribution in [3.63, 3.8) is 0 Å². The Kier molecular flexibility index (Phi) is 5.42. The summed E-state index contributed by atoms with van der Waals surface area (Å²) in [4.78, 5) is 1.32. The summed E-state index contributed by atoms with van der Waals surface area (Å²) >= 11 is 1.76. The summed E-state index contributed by atoms with van der Waals surface area (Å²) in [6.07, 6.45) is 8.32. The molecule has 2 unspecified atom stereocenters. The van der Waals surface area contributed by atoms with Gasteiger partial charge >= 0.3 is 0 Å². The van der Waals surface area contributed by atoms with Crippen LogP contribution >= 0.6 is 11.3 Å². The molecular formula is C16H24N2S. The molecule has 1 aliphatic rings. The van der Waals surface area contributed by atoms with Gasteiger partial charge in [-0.25, -0.2) is 0 Å². The van der Waals surface area contributed by atoms with E-state index in [1.54, 1.807) is 11.3 Å². The number of nitrogens with one attached hydrogen (secondary N) is 1. The van der Waals surface area contributed by atoms with Crippen LogP contribution in [0.3, 0.4) is 0 Å². The fourth-order valence-corrected chi connectivity index (χ4v) is 3.75. The fraction of sp³-hybridized carbons (Fsp3) is 0.688. The first-order chi connectivity index (χ1) is 9.28. The van der Waals surface area contributed by atoms with Gasteiger partial charge in [-0.3, -0.25) is 5.32 Å². The van der Waals surface area contributed by atoms with E-state index in [4.69, 9.17) is 0 Å². The fourth-order valence-electron chi connectivity index (χ4n) is 3.11. The van der Waals surface area contributed by atoms with Gasteiger partial charge in [0.05, 0.1) is 6.07 Å². The largest absolute Gasteiger partial charge is 0.294 e. The summed E-state index contributed by atoms with van der Waals surface area (Å²) in [7, 11) is 0. The van der Waals surface area contributed by atoms with Crippen molar-refractivity contribution in [3.8, 4) is 6.07 Å². The van der Waals surface area contributed by atoms with Crippen molar-refractivity contribution in [1.82, 2.24) is 5.32 Å². The van der Waals surface area contributed by atoms with E-state index in [2.05, 4.69) is 35.8 Å². The summed E-state index contributed by atoms with van der Waals surface area (Å²) in [5, 5.41) is 15.2. The summed E-state index contributed by atoms with van der Waals surface area (Å²) in [6.45, 7) is 3.10. The Labute approximate surface area is 120 Å². The molecule has 2 nitrogen and oxygen atoms in total. The third-order valence-electron chi connectivity index (χ3n) is 4.29. The van der Waals surface area contributed by atoms with Gasteiger partial charge in [-0.05, 0) is 36.6 Å². The van der Waals surface area contributed by atoms with Crippen molar-refractivity contribution in [2.75, 3.05) is 0 Å². The number of nitrogens with zero attached hydrogens (tertiary/aromatic N) is 1. The minimum Gasteiger partial charge on any atom is -0.294 e. The van der Waals surface area contributed by atoms with E-state index in [1.165, 1.54) is 37.0 Å². The quantitative estimate of drug-likeness (QED) is 0.805. The molecule has 0 bridgehead atoms. The van der Waals surface area contributed by atoms with Crippen LogP contribution in [0.5, 0.6) is 0 Å². The number of hydrogen-bond acceptors (Lipinski definition) is 3. The highest BCUT2D eigenvalue weighted by Gasteiger charge is 2.32. The van der Waals surface area contributed by atoms with Gasteiger partial charge < -0.3 is 0 Å². The number of hydrogen-bond donors (Lipinski definition) is 1. The van der Waals surface area contributed by atoms with Crippen LogP contribution in [0.4, 0.5) is 0 Å². The van der Waals surface area contributed by atoms with Crippen LogP contribution in [0.1, 0.15) is 56.7 Å². The van der Waals surface area contributed by atoms with Gasteiger partial charge in [-0.1, -0.05) is 38.7 Å². The van der Waals surface area contributed by atoms with Gasteiger partial charge in [0, 0.05) is 11.4 Å². The van der Waals surface area contributed by atoms with E-state index in [-0.39, 0.29) is 5.54 Å². The van der Waals surface area contributed by atoms with Crippen LogP contribution in [0, 0.1) is 17.2 Å².